The zero-order chi connectivity index (χ0) is 22.3. The zero-order valence-electron chi connectivity index (χ0n) is 16.9. The summed E-state index contributed by atoms with van der Waals surface area (Å²) in [7, 11) is -3.96. The summed E-state index contributed by atoms with van der Waals surface area (Å²) in [5, 5.41) is 4.52. The third-order valence-electron chi connectivity index (χ3n) is 4.53. The first-order valence-corrected chi connectivity index (χ1v) is 11.5. The molecule has 6 nitrogen and oxygen atoms in total. The molecule has 0 fully saturated rings. The monoisotopic (exact) mass is 455 g/mol. The van der Waals surface area contributed by atoms with E-state index in [1.54, 1.807) is 54.6 Å². The minimum Gasteiger partial charge on any atom is -0.271 e. The van der Waals surface area contributed by atoms with Crippen molar-refractivity contribution in [3.8, 4) is 0 Å². The summed E-state index contributed by atoms with van der Waals surface area (Å²) in [6.07, 6.45) is 2.08. The van der Waals surface area contributed by atoms with E-state index >= 15 is 0 Å². The van der Waals surface area contributed by atoms with Crippen LogP contribution in [0.1, 0.15) is 18.1 Å². The highest BCUT2D eigenvalue weighted by Gasteiger charge is 2.28. The molecule has 3 rings (SSSR count). The van der Waals surface area contributed by atoms with Crippen molar-refractivity contribution in [1.82, 2.24) is 5.43 Å². The van der Waals surface area contributed by atoms with Gasteiger partial charge in [-0.2, -0.15) is 5.10 Å². The second kappa shape index (κ2) is 10.2. The fourth-order valence-corrected chi connectivity index (χ4v) is 4.57. The number of anilines is 1. The van der Waals surface area contributed by atoms with Crippen LogP contribution in [0, 0.1) is 0 Å². The molecule has 0 aliphatic carbocycles. The van der Waals surface area contributed by atoms with Crippen LogP contribution >= 0.6 is 11.6 Å². The van der Waals surface area contributed by atoms with Crippen LogP contribution in [0.15, 0.2) is 88.9 Å². The summed E-state index contributed by atoms with van der Waals surface area (Å²) in [4.78, 5) is 12.7. The molecule has 0 aromatic heterocycles. The summed E-state index contributed by atoms with van der Waals surface area (Å²) >= 11 is 5.85. The molecule has 0 spiro atoms. The number of benzene rings is 3. The van der Waals surface area contributed by atoms with Crippen LogP contribution < -0.4 is 9.73 Å². The maximum Gasteiger partial charge on any atom is 0.264 e. The maximum atomic E-state index is 13.4. The van der Waals surface area contributed by atoms with E-state index in [-0.39, 0.29) is 4.90 Å². The number of hydrogen-bond donors (Lipinski definition) is 1. The van der Waals surface area contributed by atoms with Crippen LogP contribution in [0.5, 0.6) is 0 Å². The van der Waals surface area contributed by atoms with Gasteiger partial charge in [-0.3, -0.25) is 9.10 Å². The predicted octanol–water partition coefficient (Wildman–Crippen LogP) is 4.25. The number of hydrogen-bond acceptors (Lipinski definition) is 4. The first-order valence-electron chi connectivity index (χ1n) is 9.65. The Balaban J connectivity index is 1.86. The van der Waals surface area contributed by atoms with Crippen molar-refractivity contribution < 1.29 is 13.2 Å². The van der Waals surface area contributed by atoms with Gasteiger partial charge in [0, 0.05) is 5.02 Å². The second-order valence-corrected chi connectivity index (χ2v) is 8.95. The van der Waals surface area contributed by atoms with E-state index in [0.29, 0.717) is 17.1 Å². The molecule has 0 saturated heterocycles. The van der Waals surface area contributed by atoms with Gasteiger partial charge in [0.1, 0.15) is 6.54 Å². The molecule has 8 heteroatoms. The van der Waals surface area contributed by atoms with Gasteiger partial charge in [-0.05, 0) is 47.9 Å². The van der Waals surface area contributed by atoms with E-state index in [1.165, 1.54) is 18.3 Å². The topological polar surface area (TPSA) is 78.8 Å². The summed E-state index contributed by atoms with van der Waals surface area (Å²) in [5.74, 6) is -0.560. The molecule has 0 aliphatic heterocycles. The molecule has 1 N–H and O–H groups in total. The van der Waals surface area contributed by atoms with Gasteiger partial charge in [0.15, 0.2) is 0 Å². The van der Waals surface area contributed by atoms with E-state index in [1.807, 2.05) is 19.1 Å². The first-order chi connectivity index (χ1) is 14.9. The Kier molecular flexibility index (Phi) is 7.44. The summed E-state index contributed by atoms with van der Waals surface area (Å²) in [6.45, 7) is 1.52. The van der Waals surface area contributed by atoms with Crippen LogP contribution in [0.2, 0.25) is 5.02 Å². The predicted molar refractivity (Wildman–Crippen MR) is 124 cm³/mol. The van der Waals surface area contributed by atoms with Crippen LogP contribution in [0.4, 0.5) is 5.69 Å². The molecule has 3 aromatic rings. The highest BCUT2D eigenvalue weighted by molar-refractivity contribution is 7.92. The van der Waals surface area contributed by atoms with Gasteiger partial charge in [0.2, 0.25) is 0 Å². The molecule has 160 valence electrons. The molecule has 0 aliphatic rings. The zero-order valence-corrected chi connectivity index (χ0v) is 18.5. The van der Waals surface area contributed by atoms with Gasteiger partial charge in [-0.15, -0.1) is 0 Å². The Morgan fingerprint density at radius 2 is 1.65 bits per heavy atom. The van der Waals surface area contributed by atoms with Crippen molar-refractivity contribution in [3.05, 3.63) is 95.0 Å². The van der Waals surface area contributed by atoms with Gasteiger partial charge in [0.05, 0.1) is 16.8 Å². The van der Waals surface area contributed by atoms with Crippen LogP contribution in [-0.4, -0.2) is 27.1 Å². The number of amides is 1. The molecule has 1 amide bonds. The summed E-state index contributed by atoms with van der Waals surface area (Å²) < 4.78 is 27.8. The van der Waals surface area contributed by atoms with Crippen LogP contribution in [-0.2, 0) is 21.2 Å². The molecule has 0 unspecified atom stereocenters. The molecular formula is C23H22ClN3O3S. The average molecular weight is 456 g/mol. The van der Waals surface area contributed by atoms with Crippen molar-refractivity contribution in [3.63, 3.8) is 0 Å². The molecule has 0 radical (unpaired) electrons. The highest BCUT2D eigenvalue weighted by Crippen LogP contribution is 2.27. The molecule has 3 aromatic carbocycles. The number of rotatable bonds is 8. The number of halogens is 1. The molecule has 0 saturated carbocycles. The lowest BCUT2D eigenvalue weighted by atomic mass is 10.1. The van der Waals surface area contributed by atoms with E-state index < -0.39 is 22.5 Å². The minimum absolute atomic E-state index is 0.110. The fraction of sp³-hybridized carbons (Fsp3) is 0.130. The third kappa shape index (κ3) is 5.71. The number of para-hydroxylation sites is 1. The Morgan fingerprint density at radius 3 is 2.32 bits per heavy atom. The largest absolute Gasteiger partial charge is 0.271 e. The lowest BCUT2D eigenvalue weighted by Crippen LogP contribution is -2.40. The first kappa shape index (κ1) is 22.5. The maximum absolute atomic E-state index is 13.4. The number of carbonyl (C=O) groups excluding carboxylic acids is 1. The molecule has 0 bridgehead atoms. The van der Waals surface area contributed by atoms with Gasteiger partial charge in [-0.1, -0.05) is 67.1 Å². The standard InChI is InChI=1S/C23H22ClN3O3S/c1-2-19-8-6-7-11-22(19)27(31(29,30)21-9-4-3-5-10-21)17-23(28)26-25-16-18-12-14-20(24)15-13-18/h3-16H,2,17H2,1H3,(H,26,28)/b25-16-. The Hall–Kier alpha value is -3.16. The van der Waals surface area contributed by atoms with Crippen LogP contribution in [0.25, 0.3) is 0 Å². The highest BCUT2D eigenvalue weighted by atomic mass is 35.5. The van der Waals surface area contributed by atoms with E-state index in [4.69, 9.17) is 11.6 Å². The van der Waals surface area contributed by atoms with E-state index in [2.05, 4.69) is 10.5 Å². The smallest absolute Gasteiger partial charge is 0.264 e. The van der Waals surface area contributed by atoms with Crippen molar-refractivity contribution in [1.29, 1.82) is 0 Å². The lowest BCUT2D eigenvalue weighted by molar-refractivity contribution is -0.119. The van der Waals surface area contributed by atoms with Crippen molar-refractivity contribution in [2.45, 2.75) is 18.2 Å². The SMILES string of the molecule is CCc1ccccc1N(CC(=O)N/N=C\c1ccc(Cl)cc1)S(=O)(=O)c1ccccc1. The molecule has 31 heavy (non-hydrogen) atoms. The lowest BCUT2D eigenvalue weighted by Gasteiger charge is -2.25. The van der Waals surface area contributed by atoms with Crippen molar-refractivity contribution in [2.24, 2.45) is 5.10 Å². The summed E-state index contributed by atoms with van der Waals surface area (Å²) in [5.41, 5.74) is 4.43. The normalized spacial score (nSPS) is 11.4. The quantitative estimate of drug-likeness (QED) is 0.407. The summed E-state index contributed by atoms with van der Waals surface area (Å²) in [6, 6.07) is 22.1. The van der Waals surface area contributed by atoms with Crippen LogP contribution in [0.3, 0.4) is 0 Å². The Bertz CT molecular complexity index is 1160. The second-order valence-electron chi connectivity index (χ2n) is 6.65. The number of nitrogens with one attached hydrogen (secondary N) is 1. The van der Waals surface area contributed by atoms with Gasteiger partial charge >= 0.3 is 0 Å². The molecule has 0 atom stereocenters. The van der Waals surface area contributed by atoms with E-state index in [0.717, 1.165) is 15.4 Å². The van der Waals surface area contributed by atoms with Gasteiger partial charge in [-0.25, -0.2) is 13.8 Å². The van der Waals surface area contributed by atoms with Crippen molar-refractivity contribution >= 4 is 39.4 Å². The number of sulfonamides is 1. The number of nitrogens with zero attached hydrogens (tertiary/aromatic N) is 2. The van der Waals surface area contributed by atoms with Gasteiger partial charge < -0.3 is 0 Å². The Labute approximate surface area is 187 Å². The molecular weight excluding hydrogens is 434 g/mol. The number of aryl methyl sites for hydroxylation is 1. The number of carbonyl (C=O) groups is 1. The van der Waals surface area contributed by atoms with Crippen molar-refractivity contribution in [2.75, 3.05) is 10.8 Å². The Morgan fingerprint density at radius 1 is 1.00 bits per heavy atom. The average Bonchev–Trinajstić information content (AvgIpc) is 2.79. The molecule has 0 heterocycles. The minimum atomic E-state index is -3.96. The van der Waals surface area contributed by atoms with E-state index in [9.17, 15) is 13.2 Å². The van der Waals surface area contributed by atoms with Gasteiger partial charge in [0.25, 0.3) is 15.9 Å². The fourth-order valence-electron chi connectivity index (χ4n) is 2.97. The third-order valence-corrected chi connectivity index (χ3v) is 6.56. The number of hydrazone groups is 1.